The minimum absolute atomic E-state index is 0.304. The molecule has 1 aliphatic carbocycles. The molecule has 0 N–H and O–H groups in total. The average Bonchev–Trinajstić information content (AvgIpc) is 3.54. The van der Waals surface area contributed by atoms with E-state index in [9.17, 15) is 0 Å². The summed E-state index contributed by atoms with van der Waals surface area (Å²) in [5, 5.41) is 9.97. The van der Waals surface area contributed by atoms with Crippen LogP contribution in [-0.2, 0) is 5.41 Å². The molecule has 0 spiro atoms. The molecule has 286 valence electrons. The van der Waals surface area contributed by atoms with E-state index in [1.807, 2.05) is 36.4 Å². The molecule has 0 unspecified atom stereocenters. The molecular formula is C58H39N3. The van der Waals surface area contributed by atoms with E-state index in [1.165, 1.54) is 87.6 Å². The van der Waals surface area contributed by atoms with Gasteiger partial charge in [0.1, 0.15) is 0 Å². The summed E-state index contributed by atoms with van der Waals surface area (Å²) >= 11 is 0. The maximum atomic E-state index is 5.11. The highest BCUT2D eigenvalue weighted by atomic mass is 15.0. The zero-order chi connectivity index (χ0) is 40.7. The molecule has 3 heteroatoms. The van der Waals surface area contributed by atoms with Crippen molar-refractivity contribution < 1.29 is 0 Å². The summed E-state index contributed by atoms with van der Waals surface area (Å²) in [7, 11) is 0. The Morgan fingerprint density at radius 2 is 0.721 bits per heavy atom. The fraction of sp³-hybridized carbons (Fsp3) is 0.0517. The topological polar surface area (TPSA) is 38.7 Å². The number of benzene rings is 10. The van der Waals surface area contributed by atoms with Crippen LogP contribution in [0.2, 0.25) is 0 Å². The van der Waals surface area contributed by atoms with E-state index in [0.717, 1.165) is 16.7 Å². The molecule has 3 nitrogen and oxygen atoms in total. The van der Waals surface area contributed by atoms with Gasteiger partial charge in [0.25, 0.3) is 0 Å². The Kier molecular flexibility index (Phi) is 7.88. The maximum absolute atomic E-state index is 5.11. The van der Waals surface area contributed by atoms with Crippen LogP contribution in [0.4, 0.5) is 0 Å². The van der Waals surface area contributed by atoms with Gasteiger partial charge in [0, 0.05) is 22.1 Å². The first kappa shape index (κ1) is 35.2. The highest BCUT2D eigenvalue weighted by Gasteiger charge is 2.37. The highest BCUT2D eigenvalue weighted by Crippen LogP contribution is 2.54. The summed E-state index contributed by atoms with van der Waals surface area (Å²) in [4.78, 5) is 15.2. The van der Waals surface area contributed by atoms with E-state index in [0.29, 0.717) is 17.5 Å². The molecule has 0 aliphatic heterocycles. The minimum atomic E-state index is -0.304. The Hall–Kier alpha value is -7.75. The van der Waals surface area contributed by atoms with Crippen molar-refractivity contribution in [2.45, 2.75) is 19.3 Å². The SMILES string of the molecule is CC1(C)c2cc(-c3nc(-c4ccccc4)nc(-c4ccccc4)n3)ccc2-c2cc3c(-c4ccc5ccccc5c4)c4ccccc4c(-c4ccc5ccccc5c4)c3cc21. The van der Waals surface area contributed by atoms with E-state index < -0.39 is 0 Å². The smallest absolute Gasteiger partial charge is 0.164 e. The van der Waals surface area contributed by atoms with Gasteiger partial charge in [-0.3, -0.25) is 0 Å². The molecule has 1 aliphatic rings. The number of fused-ring (bicyclic) bond motifs is 7. The monoisotopic (exact) mass is 777 g/mol. The van der Waals surface area contributed by atoms with Crippen molar-refractivity contribution in [2.75, 3.05) is 0 Å². The van der Waals surface area contributed by atoms with Gasteiger partial charge in [-0.1, -0.05) is 184 Å². The Labute approximate surface area is 354 Å². The highest BCUT2D eigenvalue weighted by molar-refractivity contribution is 6.23. The Morgan fingerprint density at radius 1 is 0.295 bits per heavy atom. The Bertz CT molecular complexity index is 3490. The molecule has 10 aromatic carbocycles. The molecule has 0 amide bonds. The third-order valence-electron chi connectivity index (χ3n) is 12.9. The molecule has 0 saturated carbocycles. The normalized spacial score (nSPS) is 12.9. The lowest BCUT2D eigenvalue weighted by Crippen LogP contribution is -2.15. The van der Waals surface area contributed by atoms with E-state index in [-0.39, 0.29) is 5.41 Å². The van der Waals surface area contributed by atoms with E-state index in [4.69, 9.17) is 15.0 Å². The van der Waals surface area contributed by atoms with Crippen molar-refractivity contribution in [2.24, 2.45) is 0 Å². The fourth-order valence-corrected chi connectivity index (χ4v) is 9.79. The third kappa shape index (κ3) is 5.69. The van der Waals surface area contributed by atoms with Crippen LogP contribution in [0, 0.1) is 0 Å². The van der Waals surface area contributed by atoms with Gasteiger partial charge in [0.15, 0.2) is 17.5 Å². The Balaban J connectivity index is 1.11. The summed E-state index contributed by atoms with van der Waals surface area (Å²) in [6.07, 6.45) is 0. The van der Waals surface area contributed by atoms with Gasteiger partial charge in [-0.25, -0.2) is 15.0 Å². The largest absolute Gasteiger partial charge is 0.208 e. The van der Waals surface area contributed by atoms with Crippen molar-refractivity contribution in [1.82, 2.24) is 15.0 Å². The number of rotatable bonds is 5. The lowest BCUT2D eigenvalue weighted by atomic mass is 9.79. The molecule has 11 aromatic rings. The predicted molar refractivity (Wildman–Crippen MR) is 255 cm³/mol. The van der Waals surface area contributed by atoms with E-state index in [1.54, 1.807) is 0 Å². The van der Waals surface area contributed by atoms with Gasteiger partial charge in [-0.05, 0) is 118 Å². The molecule has 12 rings (SSSR count). The van der Waals surface area contributed by atoms with Crippen LogP contribution in [0.3, 0.4) is 0 Å². The van der Waals surface area contributed by atoms with Crippen molar-refractivity contribution in [3.05, 3.63) is 211 Å². The summed E-state index contributed by atoms with van der Waals surface area (Å²) in [5.41, 5.74) is 12.7. The second-order valence-corrected chi connectivity index (χ2v) is 16.8. The summed E-state index contributed by atoms with van der Waals surface area (Å²) < 4.78 is 0. The minimum Gasteiger partial charge on any atom is -0.208 e. The van der Waals surface area contributed by atoms with Gasteiger partial charge in [0.2, 0.25) is 0 Å². The van der Waals surface area contributed by atoms with Gasteiger partial charge < -0.3 is 0 Å². The molecule has 0 fully saturated rings. The summed E-state index contributed by atoms with van der Waals surface area (Å²) in [6, 6.07) is 72.4. The average molecular weight is 778 g/mol. The first-order chi connectivity index (χ1) is 30.0. The molecule has 61 heavy (non-hydrogen) atoms. The van der Waals surface area contributed by atoms with Crippen LogP contribution in [-0.4, -0.2) is 15.0 Å². The number of nitrogens with zero attached hydrogens (tertiary/aromatic N) is 3. The van der Waals surface area contributed by atoms with Crippen molar-refractivity contribution in [3.63, 3.8) is 0 Å². The second kappa shape index (κ2) is 13.7. The summed E-state index contributed by atoms with van der Waals surface area (Å²) in [6.45, 7) is 4.74. The number of aromatic nitrogens is 3. The van der Waals surface area contributed by atoms with Crippen LogP contribution in [0.15, 0.2) is 200 Å². The molecule has 0 radical (unpaired) electrons. The number of hydrogen-bond donors (Lipinski definition) is 0. The molecular weight excluding hydrogens is 739 g/mol. The first-order valence-corrected chi connectivity index (χ1v) is 21.0. The van der Waals surface area contributed by atoms with Crippen molar-refractivity contribution in [3.8, 4) is 67.5 Å². The van der Waals surface area contributed by atoms with Crippen LogP contribution < -0.4 is 0 Å². The number of hydrogen-bond acceptors (Lipinski definition) is 3. The molecule has 1 heterocycles. The maximum Gasteiger partial charge on any atom is 0.164 e. The van der Waals surface area contributed by atoms with Gasteiger partial charge >= 0.3 is 0 Å². The predicted octanol–water partition coefficient (Wildman–Crippen LogP) is 15.1. The standard InChI is InChI=1S/C58H39N3/c1-58(2)51-33-44(57-60-55(38-17-5-3-6-18-38)59-56(61-57)39-19-7-4-8-20-39)29-30-45(51)48-34-49-50(35-52(48)58)54(43-28-26-37-16-10-12-22-41(37)32-43)47-24-14-13-23-46(47)53(49)42-27-25-36-15-9-11-21-40(36)31-42/h3-35H,1-2H3. The van der Waals surface area contributed by atoms with Crippen LogP contribution in [0.25, 0.3) is 111 Å². The van der Waals surface area contributed by atoms with Crippen LogP contribution >= 0.6 is 0 Å². The molecule has 0 atom stereocenters. The second-order valence-electron chi connectivity index (χ2n) is 16.8. The first-order valence-electron chi connectivity index (χ1n) is 21.0. The van der Waals surface area contributed by atoms with Gasteiger partial charge in [0.05, 0.1) is 0 Å². The van der Waals surface area contributed by atoms with E-state index >= 15 is 0 Å². The molecule has 0 saturated heterocycles. The lowest BCUT2D eigenvalue weighted by molar-refractivity contribution is 0.661. The van der Waals surface area contributed by atoms with E-state index in [2.05, 4.69) is 178 Å². The third-order valence-corrected chi connectivity index (χ3v) is 12.9. The van der Waals surface area contributed by atoms with Crippen LogP contribution in [0.1, 0.15) is 25.0 Å². The zero-order valence-corrected chi connectivity index (χ0v) is 33.9. The Morgan fingerprint density at radius 3 is 1.26 bits per heavy atom. The fourth-order valence-electron chi connectivity index (χ4n) is 9.79. The van der Waals surface area contributed by atoms with Gasteiger partial charge in [-0.2, -0.15) is 0 Å². The summed E-state index contributed by atoms with van der Waals surface area (Å²) in [5.74, 6) is 1.98. The lowest BCUT2D eigenvalue weighted by Gasteiger charge is -2.24. The van der Waals surface area contributed by atoms with Crippen LogP contribution in [0.5, 0.6) is 0 Å². The quantitative estimate of drug-likeness (QED) is 0.163. The zero-order valence-electron chi connectivity index (χ0n) is 33.9. The molecule has 0 bridgehead atoms. The van der Waals surface area contributed by atoms with Crippen molar-refractivity contribution in [1.29, 1.82) is 0 Å². The van der Waals surface area contributed by atoms with Crippen molar-refractivity contribution >= 4 is 43.1 Å². The molecule has 1 aromatic heterocycles. The van der Waals surface area contributed by atoms with Gasteiger partial charge in [-0.15, -0.1) is 0 Å².